The van der Waals surface area contributed by atoms with Gasteiger partial charge in [-0.25, -0.2) is 5.84 Å². The fourth-order valence-corrected chi connectivity index (χ4v) is 1.68. The number of carbonyl (C=O) groups excluding carboxylic acids is 1. The Kier molecular flexibility index (Phi) is 4.11. The van der Waals surface area contributed by atoms with Gasteiger partial charge in [-0.15, -0.1) is 0 Å². The summed E-state index contributed by atoms with van der Waals surface area (Å²) in [6.07, 6.45) is 0.132. The van der Waals surface area contributed by atoms with Crippen LogP contribution in [0.5, 0.6) is 5.75 Å². The van der Waals surface area contributed by atoms with Crippen LogP contribution in [-0.2, 0) is 9.63 Å². The van der Waals surface area contributed by atoms with Gasteiger partial charge in [0, 0.05) is 5.39 Å². The predicted octanol–water partition coefficient (Wildman–Crippen LogP) is 1.53. The molecule has 0 atom stereocenters. The van der Waals surface area contributed by atoms with Crippen LogP contribution in [0, 0.1) is 0 Å². The molecule has 0 aliphatic heterocycles. The molecule has 0 aliphatic rings. The van der Waals surface area contributed by atoms with E-state index in [0.717, 1.165) is 16.5 Å². The predicted molar refractivity (Wildman–Crippen MR) is 67.5 cm³/mol. The molecule has 0 aliphatic carbocycles. The Morgan fingerprint density at radius 2 is 1.94 bits per heavy atom. The SMILES string of the molecule is NNOC(=O)CCOc1cccc2ccccc12. The molecule has 0 bridgehead atoms. The van der Waals surface area contributed by atoms with Crippen molar-refractivity contribution < 1.29 is 14.4 Å². The van der Waals surface area contributed by atoms with Gasteiger partial charge in [-0.1, -0.05) is 42.0 Å². The third-order valence-corrected chi connectivity index (χ3v) is 2.49. The van der Waals surface area contributed by atoms with Crippen LogP contribution in [-0.4, -0.2) is 12.6 Å². The number of ether oxygens (including phenoxy) is 1. The average molecular weight is 246 g/mol. The molecule has 18 heavy (non-hydrogen) atoms. The maximum Gasteiger partial charge on any atom is 0.329 e. The number of hydrogen-bond donors (Lipinski definition) is 2. The van der Waals surface area contributed by atoms with Gasteiger partial charge < -0.3 is 9.57 Å². The molecule has 94 valence electrons. The zero-order valence-corrected chi connectivity index (χ0v) is 9.76. The number of rotatable bonds is 5. The van der Waals surface area contributed by atoms with Crippen LogP contribution in [0.15, 0.2) is 42.5 Å². The molecule has 2 aromatic carbocycles. The molecule has 3 N–H and O–H groups in total. The summed E-state index contributed by atoms with van der Waals surface area (Å²) >= 11 is 0. The van der Waals surface area contributed by atoms with Gasteiger partial charge in [0.1, 0.15) is 5.75 Å². The maximum absolute atomic E-state index is 11.1. The van der Waals surface area contributed by atoms with Gasteiger partial charge in [-0.05, 0) is 11.5 Å². The summed E-state index contributed by atoms with van der Waals surface area (Å²) in [5, 5.41) is 2.12. The lowest BCUT2D eigenvalue weighted by Crippen LogP contribution is -2.26. The van der Waals surface area contributed by atoms with Crippen LogP contribution in [0.3, 0.4) is 0 Å². The number of nitrogens with two attached hydrogens (primary N) is 1. The third-order valence-electron chi connectivity index (χ3n) is 2.49. The second kappa shape index (κ2) is 6.00. The lowest BCUT2D eigenvalue weighted by Gasteiger charge is -2.08. The Morgan fingerprint density at radius 1 is 1.17 bits per heavy atom. The van der Waals surface area contributed by atoms with Gasteiger partial charge in [0.25, 0.3) is 0 Å². The Hall–Kier alpha value is -2.11. The number of fused-ring (bicyclic) bond motifs is 1. The largest absolute Gasteiger partial charge is 0.492 e. The van der Waals surface area contributed by atoms with E-state index in [9.17, 15) is 4.79 Å². The molecule has 2 rings (SSSR count). The average Bonchev–Trinajstić information content (AvgIpc) is 2.39. The van der Waals surface area contributed by atoms with Crippen LogP contribution in [0.4, 0.5) is 0 Å². The Bertz CT molecular complexity index is 537. The summed E-state index contributed by atoms with van der Waals surface area (Å²) in [5.74, 6) is 5.14. The van der Waals surface area contributed by atoms with Gasteiger partial charge in [0.15, 0.2) is 0 Å². The van der Waals surface area contributed by atoms with Crippen LogP contribution < -0.4 is 16.2 Å². The Labute approximate surface area is 104 Å². The lowest BCUT2D eigenvalue weighted by molar-refractivity contribution is -0.151. The highest BCUT2D eigenvalue weighted by Gasteiger charge is 2.04. The van der Waals surface area contributed by atoms with E-state index >= 15 is 0 Å². The van der Waals surface area contributed by atoms with Gasteiger partial charge in [0.2, 0.25) is 0 Å². The maximum atomic E-state index is 11.1. The number of nitrogens with one attached hydrogen (secondary N) is 1. The Morgan fingerprint density at radius 3 is 2.78 bits per heavy atom. The normalized spacial score (nSPS) is 10.3. The highest BCUT2D eigenvalue weighted by atomic mass is 16.7. The molecule has 0 fully saturated rings. The van der Waals surface area contributed by atoms with E-state index in [4.69, 9.17) is 10.6 Å². The molecule has 0 unspecified atom stereocenters. The van der Waals surface area contributed by atoms with E-state index in [1.54, 1.807) is 0 Å². The van der Waals surface area contributed by atoms with Crippen molar-refractivity contribution in [3.05, 3.63) is 42.5 Å². The molecule has 5 heteroatoms. The first-order valence-corrected chi connectivity index (χ1v) is 5.57. The minimum atomic E-state index is -0.460. The van der Waals surface area contributed by atoms with Gasteiger partial charge in [-0.3, -0.25) is 4.79 Å². The van der Waals surface area contributed by atoms with Crippen LogP contribution in [0.1, 0.15) is 6.42 Å². The second-order valence-electron chi connectivity index (χ2n) is 3.67. The second-order valence-corrected chi connectivity index (χ2v) is 3.67. The van der Waals surface area contributed by atoms with Gasteiger partial charge in [-0.2, -0.15) is 0 Å². The van der Waals surface area contributed by atoms with Crippen molar-refractivity contribution >= 4 is 16.7 Å². The minimum Gasteiger partial charge on any atom is -0.492 e. The van der Waals surface area contributed by atoms with Crippen molar-refractivity contribution in [2.24, 2.45) is 5.84 Å². The van der Waals surface area contributed by atoms with Crippen molar-refractivity contribution in [3.63, 3.8) is 0 Å². The highest BCUT2D eigenvalue weighted by molar-refractivity contribution is 5.88. The summed E-state index contributed by atoms with van der Waals surface area (Å²) in [6, 6.07) is 13.7. The monoisotopic (exact) mass is 246 g/mol. The number of hydrogen-bond acceptors (Lipinski definition) is 5. The van der Waals surface area contributed by atoms with E-state index in [-0.39, 0.29) is 13.0 Å². The van der Waals surface area contributed by atoms with E-state index in [1.165, 1.54) is 0 Å². The fourth-order valence-electron chi connectivity index (χ4n) is 1.68. The van der Waals surface area contributed by atoms with Crippen molar-refractivity contribution in [1.29, 1.82) is 0 Å². The molecule has 2 aromatic rings. The molecular formula is C13H14N2O3. The summed E-state index contributed by atoms with van der Waals surface area (Å²) in [5.41, 5.74) is 1.84. The molecule has 0 heterocycles. The number of hydrazine groups is 1. The molecule has 0 saturated heterocycles. The first-order chi connectivity index (χ1) is 8.81. The van der Waals surface area contributed by atoms with Crippen molar-refractivity contribution in [2.45, 2.75) is 6.42 Å². The fraction of sp³-hybridized carbons (Fsp3) is 0.154. The van der Waals surface area contributed by atoms with Crippen LogP contribution >= 0.6 is 0 Å². The molecule has 0 saturated carbocycles. The van der Waals surface area contributed by atoms with Crippen molar-refractivity contribution in [1.82, 2.24) is 5.59 Å². The standard InChI is InChI=1S/C13H14N2O3/c14-15-18-13(16)8-9-17-12-7-3-5-10-4-1-2-6-11(10)12/h1-7,15H,8-9,14H2. The molecule has 0 aromatic heterocycles. The molecule has 0 amide bonds. The Balaban J connectivity index is 2.01. The number of benzene rings is 2. The van der Waals surface area contributed by atoms with E-state index in [0.29, 0.717) is 0 Å². The third kappa shape index (κ3) is 2.97. The van der Waals surface area contributed by atoms with Crippen LogP contribution in [0.2, 0.25) is 0 Å². The highest BCUT2D eigenvalue weighted by Crippen LogP contribution is 2.25. The molecule has 0 radical (unpaired) electrons. The van der Waals surface area contributed by atoms with Gasteiger partial charge in [0.05, 0.1) is 13.0 Å². The lowest BCUT2D eigenvalue weighted by atomic mass is 10.1. The summed E-state index contributed by atoms with van der Waals surface area (Å²) in [7, 11) is 0. The van der Waals surface area contributed by atoms with E-state index in [2.05, 4.69) is 4.84 Å². The first kappa shape index (κ1) is 12.3. The van der Waals surface area contributed by atoms with Crippen molar-refractivity contribution in [2.75, 3.05) is 6.61 Å². The van der Waals surface area contributed by atoms with Crippen molar-refractivity contribution in [3.8, 4) is 5.75 Å². The first-order valence-electron chi connectivity index (χ1n) is 5.57. The zero-order valence-electron chi connectivity index (χ0n) is 9.76. The summed E-state index contributed by atoms with van der Waals surface area (Å²) in [4.78, 5) is 15.4. The topological polar surface area (TPSA) is 73.6 Å². The summed E-state index contributed by atoms with van der Waals surface area (Å²) in [6.45, 7) is 0.245. The summed E-state index contributed by atoms with van der Waals surface area (Å²) < 4.78 is 5.57. The smallest absolute Gasteiger partial charge is 0.329 e. The van der Waals surface area contributed by atoms with E-state index < -0.39 is 5.97 Å². The number of carbonyl (C=O) groups is 1. The van der Waals surface area contributed by atoms with Crippen LogP contribution in [0.25, 0.3) is 10.8 Å². The minimum absolute atomic E-state index is 0.132. The zero-order chi connectivity index (χ0) is 12.8. The quantitative estimate of drug-likeness (QED) is 0.618. The molecule has 0 spiro atoms. The van der Waals surface area contributed by atoms with Gasteiger partial charge >= 0.3 is 5.97 Å². The molecular weight excluding hydrogens is 232 g/mol. The van der Waals surface area contributed by atoms with E-state index in [1.807, 2.05) is 48.1 Å². The molecule has 5 nitrogen and oxygen atoms in total.